The summed E-state index contributed by atoms with van der Waals surface area (Å²) in [7, 11) is 0. The number of hydrogen-bond donors (Lipinski definition) is 2. The predicted molar refractivity (Wildman–Crippen MR) is 164 cm³/mol. The Morgan fingerprint density at radius 2 is 1.76 bits per heavy atom. The minimum absolute atomic E-state index is 0.0106. The van der Waals surface area contributed by atoms with Crippen LogP contribution < -0.4 is 15.5 Å². The number of aromatic nitrogens is 4. The number of hydrogen-bond acceptors (Lipinski definition) is 11. The highest BCUT2D eigenvalue weighted by atomic mass is 35.5. The van der Waals surface area contributed by atoms with Gasteiger partial charge >= 0.3 is 6.09 Å². The first-order valence-electron chi connectivity index (χ1n) is 14.9. The third kappa shape index (κ3) is 8.87. The zero-order valence-electron chi connectivity index (χ0n) is 24.7. The molecule has 0 aliphatic carbocycles. The Bertz CT molecular complexity index is 1200. The number of carbonyl (C=O) groups excluding carboxylic acids is 2. The molecule has 230 valence electrons. The van der Waals surface area contributed by atoms with Crippen molar-refractivity contribution in [3.8, 4) is 0 Å². The van der Waals surface area contributed by atoms with Crippen molar-refractivity contribution in [1.82, 2.24) is 30.2 Å². The van der Waals surface area contributed by atoms with Gasteiger partial charge in [-0.25, -0.2) is 4.79 Å². The quantitative estimate of drug-likeness (QED) is 0.440. The molecule has 5 heterocycles. The van der Waals surface area contributed by atoms with Gasteiger partial charge < -0.3 is 30.1 Å². The molecular formula is C28H42ClN9O3S. The smallest absolute Gasteiger partial charge is 0.410 e. The van der Waals surface area contributed by atoms with E-state index in [0.29, 0.717) is 33.7 Å². The summed E-state index contributed by atoms with van der Waals surface area (Å²) in [4.78, 5) is 31.7. The van der Waals surface area contributed by atoms with E-state index in [1.807, 2.05) is 31.7 Å². The van der Waals surface area contributed by atoms with Crippen LogP contribution in [0.1, 0.15) is 59.3 Å². The van der Waals surface area contributed by atoms with Gasteiger partial charge in [-0.3, -0.25) is 4.79 Å². The lowest BCUT2D eigenvalue weighted by atomic mass is 9.91. The third-order valence-corrected chi connectivity index (χ3v) is 8.96. The molecule has 0 aromatic carbocycles. The van der Waals surface area contributed by atoms with Gasteiger partial charge in [0, 0.05) is 51.7 Å². The van der Waals surface area contributed by atoms with Gasteiger partial charge in [-0.05, 0) is 83.4 Å². The average Bonchev–Trinajstić information content (AvgIpc) is 3.58. The minimum Gasteiger partial charge on any atom is -0.444 e. The number of anilines is 3. The summed E-state index contributed by atoms with van der Waals surface area (Å²) in [5.41, 5.74) is -0.467. The number of amides is 2. The number of rotatable bonds is 8. The van der Waals surface area contributed by atoms with Crippen LogP contribution in [0.25, 0.3) is 0 Å². The molecule has 3 saturated heterocycles. The molecule has 0 saturated carbocycles. The van der Waals surface area contributed by atoms with Crippen molar-refractivity contribution in [3.63, 3.8) is 0 Å². The molecule has 42 heavy (non-hydrogen) atoms. The van der Waals surface area contributed by atoms with Crippen molar-refractivity contribution in [1.29, 1.82) is 0 Å². The maximum Gasteiger partial charge on any atom is 0.410 e. The number of carbonyl (C=O) groups is 2. The normalized spacial score (nSPS) is 22.3. The van der Waals surface area contributed by atoms with Gasteiger partial charge in [0.1, 0.15) is 5.60 Å². The van der Waals surface area contributed by atoms with Crippen molar-refractivity contribution in [2.75, 3.05) is 61.3 Å². The summed E-state index contributed by atoms with van der Waals surface area (Å²) < 4.78 is 5.53. The van der Waals surface area contributed by atoms with Crippen molar-refractivity contribution in [2.45, 2.75) is 70.9 Å². The first-order valence-corrected chi connectivity index (χ1v) is 16.1. The zero-order valence-corrected chi connectivity index (χ0v) is 26.3. The predicted octanol–water partition coefficient (Wildman–Crippen LogP) is 4.36. The number of piperidine rings is 2. The van der Waals surface area contributed by atoms with Crippen LogP contribution in [0, 0.1) is 11.8 Å². The van der Waals surface area contributed by atoms with Gasteiger partial charge in [-0.1, -0.05) is 22.9 Å². The number of ether oxygens (including phenoxy) is 1. The van der Waals surface area contributed by atoms with Crippen LogP contribution in [0.5, 0.6) is 0 Å². The SMILES string of the molecule is CC(C)(C)OC(=O)N1CCC(CN2CCC[C@@H](CC(=O)Nc3nnc(N[C@@H]4CCN(c5ccc(Cl)nn5)C4)s3)C2)CC1. The Morgan fingerprint density at radius 3 is 2.50 bits per heavy atom. The van der Waals surface area contributed by atoms with E-state index in [1.165, 1.54) is 11.3 Å². The van der Waals surface area contributed by atoms with Gasteiger partial charge in [0.05, 0.1) is 0 Å². The second-order valence-corrected chi connectivity index (χ2v) is 14.0. The molecule has 2 aromatic rings. The Balaban J connectivity index is 1.01. The highest BCUT2D eigenvalue weighted by Crippen LogP contribution is 2.27. The highest BCUT2D eigenvalue weighted by molar-refractivity contribution is 7.19. The van der Waals surface area contributed by atoms with E-state index in [9.17, 15) is 9.59 Å². The molecule has 3 aliphatic rings. The van der Waals surface area contributed by atoms with Crippen LogP contribution in [0.4, 0.5) is 20.9 Å². The molecule has 5 rings (SSSR count). The summed E-state index contributed by atoms with van der Waals surface area (Å²) in [6.07, 6.45) is 5.34. The second-order valence-electron chi connectivity index (χ2n) is 12.6. The molecule has 0 spiro atoms. The van der Waals surface area contributed by atoms with E-state index in [0.717, 1.165) is 83.7 Å². The molecule has 0 radical (unpaired) electrons. The van der Waals surface area contributed by atoms with E-state index >= 15 is 0 Å². The Morgan fingerprint density at radius 1 is 0.976 bits per heavy atom. The Hall–Kier alpha value is -2.77. The van der Waals surface area contributed by atoms with E-state index < -0.39 is 5.60 Å². The largest absolute Gasteiger partial charge is 0.444 e. The molecule has 2 atom stereocenters. The van der Waals surface area contributed by atoms with Gasteiger partial charge in [0.2, 0.25) is 16.2 Å². The Kier molecular flexibility index (Phi) is 10.00. The zero-order chi connectivity index (χ0) is 29.7. The molecule has 2 aromatic heterocycles. The van der Waals surface area contributed by atoms with Crippen LogP contribution in [0.15, 0.2) is 12.1 Å². The maximum absolute atomic E-state index is 12.9. The fourth-order valence-corrected chi connectivity index (χ4v) is 6.81. The lowest BCUT2D eigenvalue weighted by Crippen LogP contribution is -2.45. The van der Waals surface area contributed by atoms with Crippen LogP contribution in [-0.4, -0.2) is 99.7 Å². The van der Waals surface area contributed by atoms with Crippen molar-refractivity contribution < 1.29 is 14.3 Å². The van der Waals surface area contributed by atoms with Gasteiger partial charge in [-0.15, -0.1) is 20.4 Å². The van der Waals surface area contributed by atoms with Crippen LogP contribution in [0.3, 0.4) is 0 Å². The average molecular weight is 620 g/mol. The molecule has 2 amide bonds. The number of nitrogens with one attached hydrogen (secondary N) is 2. The van der Waals surface area contributed by atoms with Gasteiger partial charge in [0.25, 0.3) is 0 Å². The van der Waals surface area contributed by atoms with E-state index in [4.69, 9.17) is 16.3 Å². The van der Waals surface area contributed by atoms with Gasteiger partial charge in [-0.2, -0.15) is 0 Å². The van der Waals surface area contributed by atoms with E-state index in [-0.39, 0.29) is 18.0 Å². The van der Waals surface area contributed by atoms with Crippen molar-refractivity contribution in [3.05, 3.63) is 17.3 Å². The summed E-state index contributed by atoms with van der Waals surface area (Å²) in [6, 6.07) is 3.82. The monoisotopic (exact) mass is 619 g/mol. The number of nitrogens with zero attached hydrogens (tertiary/aromatic N) is 7. The van der Waals surface area contributed by atoms with E-state index in [2.05, 4.69) is 40.8 Å². The van der Waals surface area contributed by atoms with Crippen molar-refractivity contribution in [2.24, 2.45) is 11.8 Å². The molecule has 2 N–H and O–H groups in total. The number of halogens is 1. The fraction of sp³-hybridized carbons (Fsp3) is 0.714. The lowest BCUT2D eigenvalue weighted by molar-refractivity contribution is -0.117. The molecule has 0 unspecified atom stereocenters. The van der Waals surface area contributed by atoms with Crippen LogP contribution in [-0.2, 0) is 9.53 Å². The standard InChI is InChI=1S/C28H42ClN9O3S/c1-28(2,3)41-27(40)37-12-8-19(9-13-37)16-36-11-4-5-20(17-36)15-24(39)31-26-35-34-25(42-26)30-21-10-14-38(18-21)23-7-6-22(29)32-33-23/h6-7,19-21H,4-5,8-18H2,1-3H3,(H,30,34)(H,31,35,39)/t20-,21+/m0/s1. The first-order chi connectivity index (χ1) is 20.1. The van der Waals surface area contributed by atoms with Crippen LogP contribution >= 0.6 is 22.9 Å². The third-order valence-electron chi connectivity index (χ3n) is 7.99. The molecule has 3 fully saturated rings. The summed E-state index contributed by atoms with van der Waals surface area (Å²) in [5.74, 6) is 1.68. The fourth-order valence-electron chi connectivity index (χ4n) is 5.98. The van der Waals surface area contributed by atoms with E-state index in [1.54, 1.807) is 6.07 Å². The molecule has 0 bridgehead atoms. The summed E-state index contributed by atoms with van der Waals surface area (Å²) in [6.45, 7) is 11.8. The van der Waals surface area contributed by atoms with Crippen LogP contribution in [0.2, 0.25) is 5.15 Å². The second kappa shape index (κ2) is 13.7. The molecule has 12 nitrogen and oxygen atoms in total. The molecular weight excluding hydrogens is 578 g/mol. The highest BCUT2D eigenvalue weighted by Gasteiger charge is 2.30. The maximum atomic E-state index is 12.9. The number of likely N-dealkylation sites (tertiary alicyclic amines) is 2. The summed E-state index contributed by atoms with van der Waals surface area (Å²) >= 11 is 7.21. The first kappa shape index (κ1) is 30.7. The molecule has 3 aliphatic heterocycles. The summed E-state index contributed by atoms with van der Waals surface area (Å²) in [5, 5.41) is 24.5. The Labute approximate surface area is 256 Å². The topological polar surface area (TPSA) is 129 Å². The minimum atomic E-state index is -0.467. The lowest BCUT2D eigenvalue weighted by Gasteiger charge is -2.38. The van der Waals surface area contributed by atoms with Gasteiger partial charge in [0.15, 0.2) is 11.0 Å². The van der Waals surface area contributed by atoms with Crippen molar-refractivity contribution >= 4 is 51.0 Å². The molecule has 14 heteroatoms.